The molecule has 84 valence electrons. The van der Waals surface area contributed by atoms with Crippen molar-refractivity contribution in [2.24, 2.45) is 0 Å². The van der Waals surface area contributed by atoms with Crippen molar-refractivity contribution in [3.63, 3.8) is 0 Å². The van der Waals surface area contributed by atoms with Crippen molar-refractivity contribution in [1.82, 2.24) is 0 Å². The van der Waals surface area contributed by atoms with Gasteiger partial charge in [0, 0.05) is 4.75 Å². The van der Waals surface area contributed by atoms with Crippen LogP contribution in [0.3, 0.4) is 0 Å². The SMILES string of the molecule is Cc1oc(CSC(C)(C)C)cc1C(=O)O. The number of hydrogen-bond acceptors (Lipinski definition) is 3. The van der Waals surface area contributed by atoms with Gasteiger partial charge in [-0.15, -0.1) is 11.8 Å². The highest BCUT2D eigenvalue weighted by atomic mass is 32.2. The van der Waals surface area contributed by atoms with E-state index in [0.29, 0.717) is 11.5 Å². The second-order valence-corrected chi connectivity index (χ2v) is 6.19. The van der Waals surface area contributed by atoms with Gasteiger partial charge in [-0.1, -0.05) is 20.8 Å². The predicted molar refractivity (Wildman–Crippen MR) is 61.5 cm³/mol. The minimum absolute atomic E-state index is 0.157. The highest BCUT2D eigenvalue weighted by Crippen LogP contribution is 2.28. The molecule has 0 saturated carbocycles. The maximum atomic E-state index is 10.8. The van der Waals surface area contributed by atoms with Crippen LogP contribution in [-0.4, -0.2) is 15.8 Å². The normalized spacial score (nSPS) is 11.7. The van der Waals surface area contributed by atoms with Crippen LogP contribution in [0.2, 0.25) is 0 Å². The van der Waals surface area contributed by atoms with E-state index >= 15 is 0 Å². The lowest BCUT2D eigenvalue weighted by Gasteiger charge is -2.16. The number of rotatable bonds is 3. The molecule has 0 unspecified atom stereocenters. The topological polar surface area (TPSA) is 50.4 Å². The molecule has 0 aliphatic heterocycles. The summed E-state index contributed by atoms with van der Waals surface area (Å²) in [6.07, 6.45) is 0. The Morgan fingerprint density at radius 3 is 2.53 bits per heavy atom. The third kappa shape index (κ3) is 3.63. The molecule has 15 heavy (non-hydrogen) atoms. The number of furan rings is 1. The molecule has 1 aromatic rings. The third-order valence-corrected chi connectivity index (χ3v) is 3.14. The van der Waals surface area contributed by atoms with Gasteiger partial charge in [0.15, 0.2) is 0 Å². The van der Waals surface area contributed by atoms with Gasteiger partial charge in [-0.25, -0.2) is 4.79 Å². The highest BCUT2D eigenvalue weighted by Gasteiger charge is 2.16. The molecular weight excluding hydrogens is 212 g/mol. The van der Waals surface area contributed by atoms with Crippen LogP contribution in [0.5, 0.6) is 0 Å². The summed E-state index contributed by atoms with van der Waals surface area (Å²) in [5.74, 6) is 0.984. The summed E-state index contributed by atoms with van der Waals surface area (Å²) in [5.41, 5.74) is 0.263. The second kappa shape index (κ2) is 4.31. The minimum atomic E-state index is -0.928. The van der Waals surface area contributed by atoms with Gasteiger partial charge in [-0.3, -0.25) is 0 Å². The summed E-state index contributed by atoms with van der Waals surface area (Å²) in [4.78, 5) is 10.8. The van der Waals surface area contributed by atoms with Crippen LogP contribution in [-0.2, 0) is 5.75 Å². The Morgan fingerprint density at radius 1 is 1.53 bits per heavy atom. The van der Waals surface area contributed by atoms with Crippen LogP contribution < -0.4 is 0 Å². The summed E-state index contributed by atoms with van der Waals surface area (Å²) in [5, 5.41) is 8.84. The standard InChI is InChI=1S/C11H16O3S/c1-7-9(10(12)13)5-8(14-7)6-15-11(2,3)4/h5H,6H2,1-4H3,(H,12,13). The molecule has 0 radical (unpaired) electrons. The average molecular weight is 228 g/mol. The average Bonchev–Trinajstić information content (AvgIpc) is 2.42. The van der Waals surface area contributed by atoms with E-state index in [-0.39, 0.29) is 10.3 Å². The smallest absolute Gasteiger partial charge is 0.339 e. The van der Waals surface area contributed by atoms with Gasteiger partial charge in [-0.05, 0) is 13.0 Å². The first-order valence-electron chi connectivity index (χ1n) is 4.76. The Bertz CT molecular complexity index is 360. The molecule has 0 spiro atoms. The Morgan fingerprint density at radius 2 is 2.13 bits per heavy atom. The van der Waals surface area contributed by atoms with E-state index in [9.17, 15) is 4.79 Å². The van der Waals surface area contributed by atoms with Crippen LogP contribution in [0.4, 0.5) is 0 Å². The molecular formula is C11H16O3S. The van der Waals surface area contributed by atoms with E-state index in [4.69, 9.17) is 9.52 Å². The molecule has 1 heterocycles. The van der Waals surface area contributed by atoms with Gasteiger partial charge in [0.25, 0.3) is 0 Å². The third-order valence-electron chi connectivity index (χ3n) is 1.85. The lowest BCUT2D eigenvalue weighted by molar-refractivity contribution is 0.0695. The Labute approximate surface area is 93.9 Å². The van der Waals surface area contributed by atoms with Crippen molar-refractivity contribution in [3.8, 4) is 0 Å². The van der Waals surface area contributed by atoms with Crippen molar-refractivity contribution in [2.45, 2.75) is 38.2 Å². The maximum absolute atomic E-state index is 10.8. The molecule has 3 nitrogen and oxygen atoms in total. The van der Waals surface area contributed by atoms with Crippen molar-refractivity contribution in [2.75, 3.05) is 0 Å². The van der Waals surface area contributed by atoms with Crippen LogP contribution in [0, 0.1) is 6.92 Å². The number of aromatic carboxylic acids is 1. The molecule has 0 aliphatic carbocycles. The first-order chi connectivity index (χ1) is 6.79. The van der Waals surface area contributed by atoms with Crippen LogP contribution >= 0.6 is 11.8 Å². The molecule has 0 saturated heterocycles. The molecule has 1 rings (SSSR count). The summed E-state index contributed by atoms with van der Waals surface area (Å²) >= 11 is 1.73. The van der Waals surface area contributed by atoms with Crippen LogP contribution in [0.25, 0.3) is 0 Å². The molecule has 0 amide bonds. The maximum Gasteiger partial charge on any atom is 0.339 e. The molecule has 4 heteroatoms. The molecule has 0 fully saturated rings. The van der Waals surface area contributed by atoms with Gasteiger partial charge in [0.1, 0.15) is 17.1 Å². The molecule has 1 aromatic heterocycles. The Balaban J connectivity index is 2.72. The molecule has 0 aliphatic rings. The van der Waals surface area contributed by atoms with Gasteiger partial charge >= 0.3 is 5.97 Å². The fourth-order valence-corrected chi connectivity index (χ4v) is 1.83. The first kappa shape index (κ1) is 12.2. The van der Waals surface area contributed by atoms with E-state index < -0.39 is 5.97 Å². The van der Waals surface area contributed by atoms with Crippen LogP contribution in [0.1, 0.15) is 42.6 Å². The van der Waals surface area contributed by atoms with Crippen molar-refractivity contribution in [1.29, 1.82) is 0 Å². The summed E-state index contributed by atoms with van der Waals surface area (Å²) in [6, 6.07) is 1.61. The predicted octanol–water partition coefficient (Wildman–Crippen LogP) is 3.32. The van der Waals surface area contributed by atoms with Gasteiger partial charge < -0.3 is 9.52 Å². The molecule has 0 atom stereocenters. The van der Waals surface area contributed by atoms with E-state index in [2.05, 4.69) is 20.8 Å². The Kier molecular flexibility index (Phi) is 3.50. The summed E-state index contributed by atoms with van der Waals surface area (Å²) in [6.45, 7) is 8.03. The van der Waals surface area contributed by atoms with Crippen molar-refractivity contribution in [3.05, 3.63) is 23.2 Å². The van der Waals surface area contributed by atoms with Gasteiger partial charge in [-0.2, -0.15) is 0 Å². The van der Waals surface area contributed by atoms with E-state index in [1.807, 2.05) is 0 Å². The lowest BCUT2D eigenvalue weighted by Crippen LogP contribution is -2.07. The second-order valence-electron chi connectivity index (χ2n) is 4.39. The fraction of sp³-hybridized carbons (Fsp3) is 0.545. The fourth-order valence-electron chi connectivity index (χ4n) is 1.11. The van der Waals surface area contributed by atoms with Gasteiger partial charge in [0.2, 0.25) is 0 Å². The summed E-state index contributed by atoms with van der Waals surface area (Å²) < 4.78 is 5.53. The number of thioether (sulfide) groups is 1. The highest BCUT2D eigenvalue weighted by molar-refractivity contribution is 7.99. The zero-order chi connectivity index (χ0) is 11.6. The number of carboxylic acid groups (broad SMARTS) is 1. The van der Waals surface area contributed by atoms with E-state index in [1.54, 1.807) is 24.8 Å². The quantitative estimate of drug-likeness (QED) is 0.862. The zero-order valence-electron chi connectivity index (χ0n) is 9.46. The molecule has 0 bridgehead atoms. The van der Waals surface area contributed by atoms with Crippen molar-refractivity contribution >= 4 is 17.7 Å². The summed E-state index contributed by atoms with van der Waals surface area (Å²) in [7, 11) is 0. The first-order valence-corrected chi connectivity index (χ1v) is 5.75. The largest absolute Gasteiger partial charge is 0.478 e. The molecule has 1 N–H and O–H groups in total. The zero-order valence-corrected chi connectivity index (χ0v) is 10.3. The number of hydrogen-bond donors (Lipinski definition) is 1. The number of carbonyl (C=O) groups is 1. The monoisotopic (exact) mass is 228 g/mol. The number of aryl methyl sites for hydroxylation is 1. The van der Waals surface area contributed by atoms with E-state index in [1.165, 1.54) is 0 Å². The number of carboxylic acids is 1. The Hall–Kier alpha value is -0.900. The van der Waals surface area contributed by atoms with Crippen LogP contribution in [0.15, 0.2) is 10.5 Å². The van der Waals surface area contributed by atoms with Crippen molar-refractivity contribution < 1.29 is 14.3 Å². The van der Waals surface area contributed by atoms with Gasteiger partial charge in [0.05, 0.1) is 5.75 Å². The van der Waals surface area contributed by atoms with E-state index in [0.717, 1.165) is 5.76 Å². The minimum Gasteiger partial charge on any atom is -0.478 e. The molecule has 0 aromatic carbocycles. The lowest BCUT2D eigenvalue weighted by atomic mass is 10.2.